The summed E-state index contributed by atoms with van der Waals surface area (Å²) in [6, 6.07) is 12.1. The van der Waals surface area contributed by atoms with E-state index < -0.39 is 4.92 Å². The van der Waals surface area contributed by atoms with Gasteiger partial charge < -0.3 is 9.72 Å². The molecule has 1 heterocycles. The summed E-state index contributed by atoms with van der Waals surface area (Å²) in [6.07, 6.45) is 3.58. The molecular formula is C17H13ClN2O3. The maximum absolute atomic E-state index is 10.8. The van der Waals surface area contributed by atoms with Crippen molar-refractivity contribution in [3.63, 3.8) is 0 Å². The molecule has 23 heavy (non-hydrogen) atoms. The third kappa shape index (κ3) is 3.19. The molecule has 0 atom stereocenters. The molecule has 0 saturated carbocycles. The molecule has 0 unspecified atom stereocenters. The minimum absolute atomic E-state index is 0.00966. The Morgan fingerprint density at radius 3 is 2.74 bits per heavy atom. The quantitative estimate of drug-likeness (QED) is 0.546. The van der Waals surface area contributed by atoms with E-state index in [9.17, 15) is 10.1 Å². The van der Waals surface area contributed by atoms with Crippen molar-refractivity contribution in [2.75, 3.05) is 7.11 Å². The fourth-order valence-electron chi connectivity index (χ4n) is 2.30. The lowest BCUT2D eigenvalue weighted by molar-refractivity contribution is -0.384. The minimum Gasteiger partial charge on any atom is -0.497 e. The van der Waals surface area contributed by atoms with E-state index in [-0.39, 0.29) is 5.69 Å². The fraction of sp³-hybridized carbons (Fsp3) is 0.0588. The van der Waals surface area contributed by atoms with Crippen LogP contribution in [0.15, 0.2) is 42.5 Å². The molecule has 0 aliphatic rings. The molecule has 1 N–H and O–H groups in total. The number of aromatic amines is 1. The van der Waals surface area contributed by atoms with E-state index in [0.717, 1.165) is 22.3 Å². The lowest BCUT2D eigenvalue weighted by atomic mass is 10.1. The summed E-state index contributed by atoms with van der Waals surface area (Å²) < 4.78 is 5.20. The highest BCUT2D eigenvalue weighted by atomic mass is 35.5. The van der Waals surface area contributed by atoms with Gasteiger partial charge in [-0.05, 0) is 42.0 Å². The zero-order valence-corrected chi connectivity index (χ0v) is 13.0. The molecule has 0 spiro atoms. The number of non-ortho nitro benzene ring substituents is 1. The first-order valence-corrected chi connectivity index (χ1v) is 7.23. The SMILES string of the molecule is COc1ccc2[nH]c(C=Cc3cc([N+](=O)[O-])ccc3Cl)cc2c1. The average molecular weight is 329 g/mol. The van der Waals surface area contributed by atoms with Crippen LogP contribution >= 0.6 is 11.6 Å². The van der Waals surface area contributed by atoms with E-state index in [2.05, 4.69) is 4.98 Å². The minimum atomic E-state index is -0.442. The van der Waals surface area contributed by atoms with E-state index in [1.807, 2.05) is 30.3 Å². The van der Waals surface area contributed by atoms with Gasteiger partial charge in [-0.2, -0.15) is 0 Å². The number of hydrogen-bond donors (Lipinski definition) is 1. The van der Waals surface area contributed by atoms with Gasteiger partial charge in [0.1, 0.15) is 5.75 Å². The van der Waals surface area contributed by atoms with E-state index in [1.54, 1.807) is 13.2 Å². The van der Waals surface area contributed by atoms with E-state index in [1.165, 1.54) is 18.2 Å². The van der Waals surface area contributed by atoms with Crippen molar-refractivity contribution in [2.45, 2.75) is 0 Å². The molecule has 0 fully saturated rings. The summed E-state index contributed by atoms with van der Waals surface area (Å²) in [6.45, 7) is 0. The number of aromatic nitrogens is 1. The summed E-state index contributed by atoms with van der Waals surface area (Å²) >= 11 is 6.08. The largest absolute Gasteiger partial charge is 0.497 e. The summed E-state index contributed by atoms with van der Waals surface area (Å²) in [5.41, 5.74) is 2.46. The Morgan fingerprint density at radius 1 is 1.17 bits per heavy atom. The van der Waals surface area contributed by atoms with Crippen molar-refractivity contribution < 1.29 is 9.66 Å². The predicted molar refractivity (Wildman–Crippen MR) is 91.9 cm³/mol. The lowest BCUT2D eigenvalue weighted by Gasteiger charge is -1.98. The Kier molecular flexibility index (Phi) is 4.04. The second-order valence-corrected chi connectivity index (χ2v) is 5.38. The number of nitro benzene ring substituents is 1. The summed E-state index contributed by atoms with van der Waals surface area (Å²) in [5, 5.41) is 12.3. The topological polar surface area (TPSA) is 68.2 Å². The van der Waals surface area contributed by atoms with Gasteiger partial charge in [0, 0.05) is 33.8 Å². The van der Waals surface area contributed by atoms with Crippen molar-refractivity contribution in [3.05, 3.63) is 68.9 Å². The third-order valence-electron chi connectivity index (χ3n) is 3.48. The summed E-state index contributed by atoms with van der Waals surface area (Å²) in [5.74, 6) is 0.786. The molecule has 0 radical (unpaired) electrons. The Balaban J connectivity index is 1.93. The molecule has 1 aromatic heterocycles. The van der Waals surface area contributed by atoms with Crippen molar-refractivity contribution in [1.29, 1.82) is 0 Å². The number of H-pyrrole nitrogens is 1. The second-order valence-electron chi connectivity index (χ2n) is 4.97. The van der Waals surface area contributed by atoms with Crippen LogP contribution in [-0.2, 0) is 0 Å². The number of nitrogens with one attached hydrogen (secondary N) is 1. The molecule has 3 rings (SSSR count). The van der Waals surface area contributed by atoms with Crippen LogP contribution in [0.2, 0.25) is 5.02 Å². The van der Waals surface area contributed by atoms with Gasteiger partial charge in [-0.3, -0.25) is 10.1 Å². The van der Waals surface area contributed by atoms with Crippen LogP contribution in [0, 0.1) is 10.1 Å². The number of ether oxygens (including phenoxy) is 1. The van der Waals surface area contributed by atoms with Crippen LogP contribution in [-0.4, -0.2) is 17.0 Å². The first kappa shape index (κ1) is 15.1. The number of methoxy groups -OCH3 is 1. The number of benzene rings is 2. The first-order chi connectivity index (χ1) is 11.1. The fourth-order valence-corrected chi connectivity index (χ4v) is 2.48. The first-order valence-electron chi connectivity index (χ1n) is 6.85. The number of fused-ring (bicyclic) bond motifs is 1. The lowest BCUT2D eigenvalue weighted by Crippen LogP contribution is -1.88. The second kappa shape index (κ2) is 6.14. The molecule has 0 amide bonds. The highest BCUT2D eigenvalue weighted by molar-refractivity contribution is 6.32. The third-order valence-corrected chi connectivity index (χ3v) is 3.83. The highest BCUT2D eigenvalue weighted by Gasteiger charge is 2.08. The number of rotatable bonds is 4. The average Bonchev–Trinajstić information content (AvgIpc) is 2.95. The van der Waals surface area contributed by atoms with Crippen molar-refractivity contribution in [1.82, 2.24) is 4.98 Å². The zero-order chi connectivity index (χ0) is 16.4. The van der Waals surface area contributed by atoms with Crippen molar-refractivity contribution in [3.8, 4) is 5.75 Å². The number of nitrogens with zero attached hydrogens (tertiary/aromatic N) is 1. The smallest absolute Gasteiger partial charge is 0.270 e. The normalized spacial score (nSPS) is 11.2. The Bertz CT molecular complexity index is 915. The van der Waals surface area contributed by atoms with Crippen molar-refractivity contribution in [2.24, 2.45) is 0 Å². The molecule has 0 saturated heterocycles. The van der Waals surface area contributed by atoms with Gasteiger partial charge in [0.05, 0.1) is 12.0 Å². The van der Waals surface area contributed by atoms with Gasteiger partial charge in [0.15, 0.2) is 0 Å². The molecule has 6 heteroatoms. The van der Waals surface area contributed by atoms with Crippen LogP contribution in [0.5, 0.6) is 5.75 Å². The molecule has 0 bridgehead atoms. The van der Waals surface area contributed by atoms with Gasteiger partial charge in [0.25, 0.3) is 5.69 Å². The Morgan fingerprint density at radius 2 is 2.00 bits per heavy atom. The molecular weight excluding hydrogens is 316 g/mol. The Hall–Kier alpha value is -2.79. The van der Waals surface area contributed by atoms with E-state index >= 15 is 0 Å². The van der Waals surface area contributed by atoms with Gasteiger partial charge in [-0.1, -0.05) is 17.7 Å². The molecule has 116 valence electrons. The van der Waals surface area contributed by atoms with Crippen LogP contribution in [0.1, 0.15) is 11.3 Å². The number of nitro groups is 1. The summed E-state index contributed by atoms with van der Waals surface area (Å²) in [7, 11) is 1.62. The van der Waals surface area contributed by atoms with Gasteiger partial charge in [-0.15, -0.1) is 0 Å². The molecule has 2 aromatic carbocycles. The van der Waals surface area contributed by atoms with Gasteiger partial charge in [0.2, 0.25) is 0 Å². The van der Waals surface area contributed by atoms with Crippen LogP contribution in [0.3, 0.4) is 0 Å². The predicted octanol–water partition coefficient (Wildman–Crippen LogP) is 4.91. The molecule has 5 nitrogen and oxygen atoms in total. The van der Waals surface area contributed by atoms with E-state index in [0.29, 0.717) is 10.6 Å². The van der Waals surface area contributed by atoms with Crippen LogP contribution < -0.4 is 4.74 Å². The molecule has 0 aliphatic heterocycles. The zero-order valence-electron chi connectivity index (χ0n) is 12.2. The highest BCUT2D eigenvalue weighted by Crippen LogP contribution is 2.25. The Labute approximate surface area is 137 Å². The number of halogens is 1. The molecule has 3 aromatic rings. The number of hydrogen-bond acceptors (Lipinski definition) is 3. The maximum atomic E-state index is 10.8. The van der Waals surface area contributed by atoms with Crippen LogP contribution in [0.4, 0.5) is 5.69 Å². The van der Waals surface area contributed by atoms with Gasteiger partial charge in [-0.25, -0.2) is 0 Å². The standard InChI is InChI=1S/C17H13ClN2O3/c1-23-15-5-7-17-12(10-15)8-13(19-17)3-2-11-9-14(20(21)22)4-6-16(11)18/h2-10,19H,1H3. The van der Waals surface area contributed by atoms with Gasteiger partial charge >= 0.3 is 0 Å². The van der Waals surface area contributed by atoms with E-state index in [4.69, 9.17) is 16.3 Å². The maximum Gasteiger partial charge on any atom is 0.270 e. The monoisotopic (exact) mass is 328 g/mol. The van der Waals surface area contributed by atoms with Crippen molar-refractivity contribution >= 4 is 40.3 Å². The summed E-state index contributed by atoms with van der Waals surface area (Å²) in [4.78, 5) is 13.6. The molecule has 0 aliphatic carbocycles. The van der Waals surface area contributed by atoms with Crippen LogP contribution in [0.25, 0.3) is 23.1 Å².